The molecule has 2 heterocycles. The first kappa shape index (κ1) is 35.5. The maximum atomic E-state index is 13.8. The third-order valence-corrected chi connectivity index (χ3v) is 8.60. The summed E-state index contributed by atoms with van der Waals surface area (Å²) in [6.07, 6.45) is -5.51. The van der Waals surface area contributed by atoms with E-state index >= 15 is 0 Å². The fourth-order valence-electron chi connectivity index (χ4n) is 5.90. The average Bonchev–Trinajstić information content (AvgIpc) is 3.73. The van der Waals surface area contributed by atoms with Gasteiger partial charge in [-0.2, -0.15) is 0 Å². The number of hydrogen-bond acceptors (Lipinski definition) is 11. The molecule has 0 bridgehead atoms. The minimum atomic E-state index is -1.53. The second kappa shape index (κ2) is 16.6. The highest BCUT2D eigenvalue weighted by atomic mass is 16.7. The van der Waals surface area contributed by atoms with Gasteiger partial charge in [-0.05, 0) is 48.5 Å². The van der Waals surface area contributed by atoms with Gasteiger partial charge in [-0.15, -0.1) is 5.10 Å². The average molecular weight is 724 g/mol. The maximum Gasteiger partial charge on any atom is 0.338 e. The normalized spacial score (nSPS) is 19.2. The Hall–Kier alpha value is -6.92. The van der Waals surface area contributed by atoms with Crippen molar-refractivity contribution in [2.75, 3.05) is 6.61 Å². The quantitative estimate of drug-likeness (QED) is 0.109. The van der Waals surface area contributed by atoms with Gasteiger partial charge in [0.2, 0.25) is 0 Å². The van der Waals surface area contributed by atoms with Crippen molar-refractivity contribution < 1.29 is 42.9 Å². The lowest BCUT2D eigenvalue weighted by molar-refractivity contribution is -0.252. The molecule has 0 amide bonds. The Bertz CT molecular complexity index is 2180. The third kappa shape index (κ3) is 8.24. The Morgan fingerprint density at radius 1 is 0.519 bits per heavy atom. The molecule has 0 aliphatic carbocycles. The molecular formula is C42H33N3O9. The molecule has 0 radical (unpaired) electrons. The number of esters is 4. The van der Waals surface area contributed by atoms with E-state index in [1.165, 1.54) is 4.68 Å². The topological polar surface area (TPSA) is 145 Å². The van der Waals surface area contributed by atoms with Crippen molar-refractivity contribution in [1.82, 2.24) is 15.0 Å². The van der Waals surface area contributed by atoms with Crippen LogP contribution in [0.2, 0.25) is 0 Å². The van der Waals surface area contributed by atoms with Gasteiger partial charge >= 0.3 is 23.9 Å². The van der Waals surface area contributed by atoms with Gasteiger partial charge in [-0.1, -0.05) is 108 Å². The van der Waals surface area contributed by atoms with Crippen LogP contribution in [0, 0.1) is 0 Å². The largest absolute Gasteiger partial charge is 0.459 e. The fourth-order valence-corrected chi connectivity index (χ4v) is 5.90. The molecule has 6 aromatic rings. The predicted octanol–water partition coefficient (Wildman–Crippen LogP) is 6.38. The first-order valence-electron chi connectivity index (χ1n) is 17.1. The van der Waals surface area contributed by atoms with Gasteiger partial charge in [0.05, 0.1) is 28.5 Å². The van der Waals surface area contributed by atoms with Crippen LogP contribution >= 0.6 is 0 Å². The number of rotatable bonds is 11. The second-order valence-corrected chi connectivity index (χ2v) is 12.2. The van der Waals surface area contributed by atoms with E-state index < -0.39 is 61.1 Å². The van der Waals surface area contributed by atoms with Gasteiger partial charge in [-0.3, -0.25) is 0 Å². The molecule has 270 valence electrons. The molecule has 0 unspecified atom stereocenters. The van der Waals surface area contributed by atoms with Gasteiger partial charge in [0.25, 0.3) is 0 Å². The second-order valence-electron chi connectivity index (χ2n) is 12.2. The molecule has 5 aromatic carbocycles. The van der Waals surface area contributed by atoms with Crippen LogP contribution in [-0.4, -0.2) is 69.9 Å². The minimum Gasteiger partial charge on any atom is -0.459 e. The number of aromatic nitrogens is 3. The molecule has 7 rings (SSSR count). The van der Waals surface area contributed by atoms with Crippen molar-refractivity contribution >= 4 is 23.9 Å². The van der Waals surface area contributed by atoms with Crippen LogP contribution in [0.5, 0.6) is 0 Å². The molecule has 0 saturated carbocycles. The molecule has 0 spiro atoms. The van der Waals surface area contributed by atoms with Crippen LogP contribution in [0.4, 0.5) is 0 Å². The van der Waals surface area contributed by atoms with E-state index in [1.54, 1.807) is 128 Å². The molecule has 1 aliphatic heterocycles. The lowest BCUT2D eigenvalue weighted by Gasteiger charge is -2.44. The van der Waals surface area contributed by atoms with E-state index in [0.29, 0.717) is 5.69 Å². The van der Waals surface area contributed by atoms with E-state index in [1.807, 2.05) is 30.3 Å². The highest BCUT2D eigenvalue weighted by molar-refractivity contribution is 5.91. The summed E-state index contributed by atoms with van der Waals surface area (Å²) >= 11 is 0. The van der Waals surface area contributed by atoms with Crippen molar-refractivity contribution in [3.05, 3.63) is 180 Å². The van der Waals surface area contributed by atoms with E-state index in [0.717, 1.165) is 5.56 Å². The van der Waals surface area contributed by atoms with E-state index in [-0.39, 0.29) is 22.3 Å². The zero-order valence-electron chi connectivity index (χ0n) is 28.6. The van der Waals surface area contributed by atoms with Crippen molar-refractivity contribution in [3.63, 3.8) is 0 Å². The van der Waals surface area contributed by atoms with Gasteiger partial charge in [0, 0.05) is 5.56 Å². The molecule has 1 fully saturated rings. The number of hydrogen-bond donors (Lipinski definition) is 0. The summed E-state index contributed by atoms with van der Waals surface area (Å²) in [5.41, 5.74) is 2.05. The molecule has 1 aromatic heterocycles. The predicted molar refractivity (Wildman–Crippen MR) is 193 cm³/mol. The summed E-state index contributed by atoms with van der Waals surface area (Å²) in [6, 6.07) is 42.1. The smallest absolute Gasteiger partial charge is 0.338 e. The summed E-state index contributed by atoms with van der Waals surface area (Å²) in [7, 11) is 0. The zero-order chi connectivity index (χ0) is 37.3. The Labute approximate surface area is 309 Å². The molecule has 12 heteroatoms. The molecule has 1 aliphatic rings. The van der Waals surface area contributed by atoms with Crippen molar-refractivity contribution in [1.29, 1.82) is 0 Å². The van der Waals surface area contributed by atoms with Gasteiger partial charge < -0.3 is 23.7 Å². The van der Waals surface area contributed by atoms with Gasteiger partial charge in [-0.25, -0.2) is 23.9 Å². The monoisotopic (exact) mass is 723 g/mol. The maximum absolute atomic E-state index is 13.8. The number of carbonyl (C=O) groups is 4. The summed E-state index contributed by atoms with van der Waals surface area (Å²) in [6.45, 7) is -0.462. The standard InChI is InChI=1S/C42H33N3O9/c46-39(29-18-8-2-9-19-29)50-27-34-35(52-40(47)30-20-10-3-11-21-30)36(53-41(48)31-22-12-4-13-23-31)37(54-42(49)32-24-14-5-15-25-32)38(51-34)45-26-33(43-44-45)28-16-6-1-7-17-28/h1-26,34-38H,27H2/t34-,35-,36+,37+,38-/m1/s1. The number of carbonyl (C=O) groups excluding carboxylic acids is 4. The van der Waals surface area contributed by atoms with Crippen LogP contribution in [0.3, 0.4) is 0 Å². The molecule has 0 N–H and O–H groups in total. The highest BCUT2D eigenvalue weighted by Gasteiger charge is 2.54. The van der Waals surface area contributed by atoms with Gasteiger partial charge in [0.1, 0.15) is 18.4 Å². The van der Waals surface area contributed by atoms with Crippen molar-refractivity contribution in [3.8, 4) is 11.3 Å². The zero-order valence-corrected chi connectivity index (χ0v) is 28.6. The van der Waals surface area contributed by atoms with Crippen LogP contribution < -0.4 is 0 Å². The first-order valence-corrected chi connectivity index (χ1v) is 17.1. The first-order chi connectivity index (χ1) is 26.4. The van der Waals surface area contributed by atoms with Gasteiger partial charge in [0.15, 0.2) is 24.5 Å². The van der Waals surface area contributed by atoms with Crippen LogP contribution in [0.15, 0.2) is 158 Å². The van der Waals surface area contributed by atoms with E-state index in [9.17, 15) is 19.2 Å². The number of nitrogens with zero attached hydrogens (tertiary/aromatic N) is 3. The SMILES string of the molecule is O=C(OC[C@H]1O[C@@H](n2cc(-c3ccccc3)nn2)[C@@H](OC(=O)c2ccccc2)[C@@H](OC(=O)c2ccccc2)[C@@H]1OC(=O)c1ccccc1)c1ccccc1. The lowest BCUT2D eigenvalue weighted by Crippen LogP contribution is -2.61. The highest BCUT2D eigenvalue weighted by Crippen LogP contribution is 2.36. The lowest BCUT2D eigenvalue weighted by atomic mass is 9.96. The summed E-state index contributed by atoms with van der Waals surface area (Å²) in [5.74, 6) is -3.04. The summed E-state index contributed by atoms with van der Waals surface area (Å²) in [5, 5.41) is 8.65. The molecule has 54 heavy (non-hydrogen) atoms. The van der Waals surface area contributed by atoms with E-state index in [4.69, 9.17) is 23.7 Å². The van der Waals surface area contributed by atoms with E-state index in [2.05, 4.69) is 10.3 Å². The van der Waals surface area contributed by atoms with Crippen molar-refractivity contribution in [2.24, 2.45) is 0 Å². The molecular weight excluding hydrogens is 690 g/mol. The Morgan fingerprint density at radius 3 is 1.41 bits per heavy atom. The Morgan fingerprint density at radius 2 is 0.926 bits per heavy atom. The van der Waals surface area contributed by atoms with Crippen LogP contribution in [-0.2, 0) is 23.7 Å². The third-order valence-electron chi connectivity index (χ3n) is 8.60. The number of ether oxygens (including phenoxy) is 5. The molecule has 1 saturated heterocycles. The Kier molecular flexibility index (Phi) is 10.9. The van der Waals surface area contributed by atoms with Crippen LogP contribution in [0.1, 0.15) is 47.7 Å². The summed E-state index contributed by atoms with van der Waals surface area (Å²) < 4.78 is 32.0. The Balaban J connectivity index is 1.32. The fraction of sp³-hybridized carbons (Fsp3) is 0.143. The number of benzene rings is 5. The minimum absolute atomic E-state index is 0.181. The molecule has 12 nitrogen and oxygen atoms in total. The molecule has 5 atom stereocenters. The summed E-state index contributed by atoms with van der Waals surface area (Å²) in [4.78, 5) is 54.5. The van der Waals surface area contributed by atoms with Crippen LogP contribution in [0.25, 0.3) is 11.3 Å². The van der Waals surface area contributed by atoms with Crippen molar-refractivity contribution in [2.45, 2.75) is 30.6 Å².